The molecule has 2 aromatic carbocycles. The normalized spacial score (nSPS) is 11.8. The zero-order valence-electron chi connectivity index (χ0n) is 14.3. The van der Waals surface area contributed by atoms with E-state index < -0.39 is 6.10 Å². The molecular weight excluding hydrogens is 286 g/mol. The highest BCUT2D eigenvalue weighted by atomic mass is 16.5. The summed E-state index contributed by atoms with van der Waals surface area (Å²) in [5.74, 6) is 0.708. The molecule has 1 amide bonds. The molecule has 3 heteroatoms. The number of benzene rings is 2. The summed E-state index contributed by atoms with van der Waals surface area (Å²) in [5, 5.41) is 2.98. The van der Waals surface area contributed by atoms with Crippen molar-refractivity contribution in [3.63, 3.8) is 0 Å². The number of carbonyl (C=O) groups excluding carboxylic acids is 1. The Kier molecular flexibility index (Phi) is 5.80. The summed E-state index contributed by atoms with van der Waals surface area (Å²) in [6.07, 6.45) is 0.159. The van der Waals surface area contributed by atoms with Crippen LogP contribution in [0.3, 0.4) is 0 Å². The minimum Gasteiger partial charge on any atom is -0.480 e. The Morgan fingerprint density at radius 2 is 1.83 bits per heavy atom. The minimum absolute atomic E-state index is 0.0725. The number of hydrogen-bond acceptors (Lipinski definition) is 2. The molecule has 0 bridgehead atoms. The van der Waals surface area contributed by atoms with Gasteiger partial charge >= 0.3 is 0 Å². The van der Waals surface area contributed by atoms with Gasteiger partial charge in [0.2, 0.25) is 0 Å². The van der Waals surface area contributed by atoms with Gasteiger partial charge in [-0.3, -0.25) is 4.79 Å². The minimum atomic E-state index is -0.473. The first kappa shape index (κ1) is 17.1. The quantitative estimate of drug-likeness (QED) is 0.872. The summed E-state index contributed by atoms with van der Waals surface area (Å²) in [7, 11) is 0. The van der Waals surface area contributed by atoms with Crippen molar-refractivity contribution in [2.75, 3.05) is 0 Å². The summed E-state index contributed by atoms with van der Waals surface area (Å²) in [5.41, 5.74) is 4.47. The zero-order valence-corrected chi connectivity index (χ0v) is 14.3. The molecule has 0 aliphatic rings. The molecule has 0 spiro atoms. The van der Waals surface area contributed by atoms with E-state index >= 15 is 0 Å². The third-order valence-corrected chi connectivity index (χ3v) is 3.99. The predicted octanol–water partition coefficient (Wildman–Crippen LogP) is 4.09. The Balaban J connectivity index is 2.01. The van der Waals surface area contributed by atoms with Crippen molar-refractivity contribution >= 4 is 5.91 Å². The van der Waals surface area contributed by atoms with Crippen LogP contribution in [0.4, 0.5) is 0 Å². The average Bonchev–Trinajstić information content (AvgIpc) is 2.54. The lowest BCUT2D eigenvalue weighted by Crippen LogP contribution is -2.37. The fourth-order valence-electron chi connectivity index (χ4n) is 2.41. The van der Waals surface area contributed by atoms with Crippen molar-refractivity contribution in [2.45, 2.75) is 46.8 Å². The largest absolute Gasteiger partial charge is 0.480 e. The maximum atomic E-state index is 12.4. The first-order chi connectivity index (χ1) is 11.0. The van der Waals surface area contributed by atoms with Gasteiger partial charge in [-0.25, -0.2) is 0 Å². The van der Waals surface area contributed by atoms with Crippen LogP contribution in [0.5, 0.6) is 5.75 Å². The van der Waals surface area contributed by atoms with Crippen LogP contribution in [-0.4, -0.2) is 12.0 Å². The Hall–Kier alpha value is -2.29. The van der Waals surface area contributed by atoms with Gasteiger partial charge in [-0.15, -0.1) is 0 Å². The number of nitrogens with one attached hydrogen (secondary N) is 1. The van der Waals surface area contributed by atoms with E-state index in [1.54, 1.807) is 0 Å². The summed E-state index contributed by atoms with van der Waals surface area (Å²) in [4.78, 5) is 12.4. The van der Waals surface area contributed by atoms with Crippen LogP contribution in [0, 0.1) is 20.8 Å². The van der Waals surface area contributed by atoms with Crippen LogP contribution in [0.25, 0.3) is 0 Å². The summed E-state index contributed by atoms with van der Waals surface area (Å²) in [6, 6.07) is 14.1. The highest BCUT2D eigenvalue weighted by Crippen LogP contribution is 2.21. The van der Waals surface area contributed by atoms with Crippen LogP contribution < -0.4 is 10.1 Å². The predicted molar refractivity (Wildman–Crippen MR) is 93.6 cm³/mol. The standard InChI is InChI=1S/C20H25NO2/c1-5-18(23-19-12-14(2)10-11-16(19)4)20(22)21-13-17-9-7-6-8-15(17)3/h6-12,18H,5,13H2,1-4H3,(H,21,22). The van der Waals surface area contributed by atoms with E-state index in [9.17, 15) is 4.79 Å². The van der Waals surface area contributed by atoms with Crippen molar-refractivity contribution in [3.05, 3.63) is 64.7 Å². The van der Waals surface area contributed by atoms with Crippen molar-refractivity contribution < 1.29 is 9.53 Å². The fourth-order valence-corrected chi connectivity index (χ4v) is 2.41. The van der Waals surface area contributed by atoms with E-state index in [0.717, 1.165) is 22.4 Å². The van der Waals surface area contributed by atoms with Crippen LogP contribution in [-0.2, 0) is 11.3 Å². The van der Waals surface area contributed by atoms with Gasteiger partial charge in [0.25, 0.3) is 5.91 Å². The second-order valence-electron chi connectivity index (χ2n) is 5.93. The molecule has 0 aliphatic carbocycles. The van der Waals surface area contributed by atoms with Crippen LogP contribution in [0.1, 0.15) is 35.6 Å². The molecule has 2 rings (SSSR count). The van der Waals surface area contributed by atoms with Crippen molar-refractivity contribution in [2.24, 2.45) is 0 Å². The highest BCUT2D eigenvalue weighted by Gasteiger charge is 2.19. The van der Waals surface area contributed by atoms with Gasteiger partial charge in [-0.05, 0) is 55.5 Å². The van der Waals surface area contributed by atoms with E-state index in [-0.39, 0.29) is 5.91 Å². The molecule has 0 saturated heterocycles. The van der Waals surface area contributed by atoms with E-state index in [1.807, 2.05) is 70.2 Å². The van der Waals surface area contributed by atoms with Crippen molar-refractivity contribution in [3.8, 4) is 5.75 Å². The number of aryl methyl sites for hydroxylation is 3. The molecule has 0 saturated carbocycles. The smallest absolute Gasteiger partial charge is 0.261 e. The molecule has 23 heavy (non-hydrogen) atoms. The SMILES string of the molecule is CCC(Oc1cc(C)ccc1C)C(=O)NCc1ccccc1C. The third-order valence-electron chi connectivity index (χ3n) is 3.99. The van der Waals surface area contributed by atoms with E-state index in [0.29, 0.717) is 13.0 Å². The molecular formula is C20H25NO2. The van der Waals surface area contributed by atoms with Gasteiger partial charge in [0, 0.05) is 6.54 Å². The molecule has 1 N–H and O–H groups in total. The van der Waals surface area contributed by atoms with Crippen molar-refractivity contribution in [1.82, 2.24) is 5.32 Å². The number of amides is 1. The van der Waals surface area contributed by atoms with E-state index in [4.69, 9.17) is 4.74 Å². The molecule has 122 valence electrons. The molecule has 0 radical (unpaired) electrons. The van der Waals surface area contributed by atoms with Gasteiger partial charge in [-0.2, -0.15) is 0 Å². The van der Waals surface area contributed by atoms with Crippen LogP contribution in [0.2, 0.25) is 0 Å². The average molecular weight is 311 g/mol. The fraction of sp³-hybridized carbons (Fsp3) is 0.350. The molecule has 0 aromatic heterocycles. The summed E-state index contributed by atoms with van der Waals surface area (Å²) in [6.45, 7) is 8.55. The van der Waals surface area contributed by atoms with Gasteiger partial charge in [0.15, 0.2) is 6.10 Å². The lowest BCUT2D eigenvalue weighted by molar-refractivity contribution is -0.128. The molecule has 0 heterocycles. The lowest BCUT2D eigenvalue weighted by Gasteiger charge is -2.19. The first-order valence-electron chi connectivity index (χ1n) is 8.07. The second kappa shape index (κ2) is 7.82. The van der Waals surface area contributed by atoms with Gasteiger partial charge < -0.3 is 10.1 Å². The van der Waals surface area contributed by atoms with Crippen molar-refractivity contribution in [1.29, 1.82) is 0 Å². The Morgan fingerprint density at radius 3 is 2.52 bits per heavy atom. The Morgan fingerprint density at radius 1 is 1.09 bits per heavy atom. The van der Waals surface area contributed by atoms with E-state index in [2.05, 4.69) is 5.32 Å². The molecule has 1 unspecified atom stereocenters. The number of hydrogen-bond donors (Lipinski definition) is 1. The van der Waals surface area contributed by atoms with Crippen LogP contribution in [0.15, 0.2) is 42.5 Å². The summed E-state index contributed by atoms with van der Waals surface area (Å²) < 4.78 is 5.94. The molecule has 0 fully saturated rings. The Bertz CT molecular complexity index is 679. The molecule has 3 nitrogen and oxygen atoms in total. The van der Waals surface area contributed by atoms with E-state index in [1.165, 1.54) is 5.56 Å². The highest BCUT2D eigenvalue weighted by molar-refractivity contribution is 5.81. The topological polar surface area (TPSA) is 38.3 Å². The number of rotatable bonds is 6. The monoisotopic (exact) mass is 311 g/mol. The first-order valence-corrected chi connectivity index (χ1v) is 8.07. The van der Waals surface area contributed by atoms with Gasteiger partial charge in [-0.1, -0.05) is 43.3 Å². The second-order valence-corrected chi connectivity index (χ2v) is 5.93. The molecule has 0 aliphatic heterocycles. The maximum Gasteiger partial charge on any atom is 0.261 e. The third kappa shape index (κ3) is 4.59. The van der Waals surface area contributed by atoms with Gasteiger partial charge in [0.05, 0.1) is 0 Å². The van der Waals surface area contributed by atoms with Crippen LogP contribution >= 0.6 is 0 Å². The number of carbonyl (C=O) groups is 1. The van der Waals surface area contributed by atoms with Gasteiger partial charge in [0.1, 0.15) is 5.75 Å². The summed E-state index contributed by atoms with van der Waals surface area (Å²) >= 11 is 0. The zero-order chi connectivity index (χ0) is 16.8. The molecule has 2 aromatic rings. The Labute approximate surface area is 138 Å². The molecule has 1 atom stereocenters. The number of ether oxygens (including phenoxy) is 1. The maximum absolute atomic E-state index is 12.4. The lowest BCUT2D eigenvalue weighted by atomic mass is 10.1.